The molecule has 0 bridgehead atoms. The smallest absolute Gasteiger partial charge is 0.406 e. The Balaban J connectivity index is 1.35. The van der Waals surface area contributed by atoms with E-state index in [4.69, 9.17) is 11.6 Å². The van der Waals surface area contributed by atoms with Gasteiger partial charge in [-0.15, -0.1) is 13.2 Å². The second-order valence-corrected chi connectivity index (χ2v) is 12.2. The summed E-state index contributed by atoms with van der Waals surface area (Å²) in [4.78, 5) is 1.97. The maximum absolute atomic E-state index is 13.3. The number of rotatable bonds is 6. The van der Waals surface area contributed by atoms with E-state index in [2.05, 4.69) is 18.9 Å². The molecule has 0 unspecified atom stereocenters. The fourth-order valence-corrected chi connectivity index (χ4v) is 6.97. The Morgan fingerprint density at radius 1 is 0.949 bits per heavy atom. The van der Waals surface area contributed by atoms with Crippen molar-refractivity contribution in [3.05, 3.63) is 71.8 Å². The number of halogens is 4. The zero-order valence-electron chi connectivity index (χ0n) is 20.5. The number of aliphatic hydroxyl groups excluding tert-OH is 1. The number of benzene rings is 3. The first-order valence-corrected chi connectivity index (χ1v) is 14.3. The van der Waals surface area contributed by atoms with E-state index in [0.29, 0.717) is 24.2 Å². The highest BCUT2D eigenvalue weighted by Crippen LogP contribution is 2.39. The Hall–Kier alpha value is -2.83. The van der Waals surface area contributed by atoms with E-state index in [-0.39, 0.29) is 4.90 Å². The highest BCUT2D eigenvalue weighted by Gasteiger charge is 2.44. The fourth-order valence-electron chi connectivity index (χ4n) is 5.55. The van der Waals surface area contributed by atoms with Crippen LogP contribution >= 0.6 is 11.6 Å². The second-order valence-electron chi connectivity index (χ2n) is 10.0. The molecule has 1 aliphatic heterocycles. The number of fused-ring (bicyclic) bond motifs is 3. The SMILES string of the molecule is O=S(=O)(N[C@@H]1CN(C2CC2)C[C@H](n2c3ccccc3c3cc(Cl)ccc32)[C@H]1O)c1ccc(OC(F)(F)F)cc1. The van der Waals surface area contributed by atoms with Crippen LogP contribution in [0.4, 0.5) is 13.2 Å². The van der Waals surface area contributed by atoms with Crippen LogP contribution in [0.1, 0.15) is 18.9 Å². The third-order valence-corrected chi connectivity index (χ3v) is 9.14. The maximum atomic E-state index is 13.3. The number of nitrogens with one attached hydrogen (secondary N) is 1. The van der Waals surface area contributed by atoms with Gasteiger partial charge >= 0.3 is 6.36 Å². The zero-order chi connectivity index (χ0) is 27.5. The number of para-hydroxylation sites is 1. The summed E-state index contributed by atoms with van der Waals surface area (Å²) in [5.41, 5.74) is 1.78. The predicted molar refractivity (Wildman–Crippen MR) is 141 cm³/mol. The molecule has 12 heteroatoms. The van der Waals surface area contributed by atoms with E-state index < -0.39 is 40.3 Å². The number of alkyl halides is 3. The number of nitrogens with zero attached hydrogens (tertiary/aromatic N) is 2. The molecule has 4 aromatic rings. The molecule has 2 aliphatic rings. The quantitative estimate of drug-likeness (QED) is 0.333. The van der Waals surface area contributed by atoms with E-state index >= 15 is 0 Å². The van der Waals surface area contributed by atoms with Gasteiger partial charge in [0.25, 0.3) is 0 Å². The van der Waals surface area contributed by atoms with Crippen molar-refractivity contribution in [1.29, 1.82) is 0 Å². The van der Waals surface area contributed by atoms with Crippen molar-refractivity contribution in [1.82, 2.24) is 14.2 Å². The summed E-state index contributed by atoms with van der Waals surface area (Å²) in [5, 5.41) is 14.1. The average molecular weight is 580 g/mol. The van der Waals surface area contributed by atoms with Gasteiger partial charge in [-0.2, -0.15) is 0 Å². The molecule has 6 rings (SSSR count). The van der Waals surface area contributed by atoms with Gasteiger partial charge in [-0.3, -0.25) is 4.90 Å². The minimum atomic E-state index is -4.88. The van der Waals surface area contributed by atoms with Crippen molar-refractivity contribution in [2.45, 2.75) is 48.3 Å². The molecule has 0 spiro atoms. The van der Waals surface area contributed by atoms with Gasteiger partial charge in [0.2, 0.25) is 10.0 Å². The van der Waals surface area contributed by atoms with Gasteiger partial charge < -0.3 is 14.4 Å². The predicted octanol–water partition coefficient (Wildman–Crippen LogP) is 5.07. The van der Waals surface area contributed by atoms with Crippen LogP contribution in [0.3, 0.4) is 0 Å². The lowest BCUT2D eigenvalue weighted by atomic mass is 9.97. The Labute approximate surface area is 227 Å². The molecule has 1 saturated carbocycles. The minimum Gasteiger partial charge on any atom is -0.406 e. The van der Waals surface area contributed by atoms with E-state index in [9.17, 15) is 26.7 Å². The van der Waals surface area contributed by atoms with E-state index in [1.807, 2.05) is 36.4 Å². The van der Waals surface area contributed by atoms with Gasteiger partial charge in [0.05, 0.1) is 23.1 Å². The molecule has 7 nitrogen and oxygen atoms in total. The number of aliphatic hydroxyl groups is 1. The number of ether oxygens (including phenoxy) is 1. The third kappa shape index (κ3) is 5.21. The number of likely N-dealkylation sites (tertiary alicyclic amines) is 1. The van der Waals surface area contributed by atoms with Gasteiger partial charge in [0, 0.05) is 46.0 Å². The molecule has 2 heterocycles. The highest BCUT2D eigenvalue weighted by atomic mass is 35.5. The number of aromatic nitrogens is 1. The van der Waals surface area contributed by atoms with Gasteiger partial charge in [-0.25, -0.2) is 13.1 Å². The van der Waals surface area contributed by atoms with Gasteiger partial charge in [-0.05, 0) is 61.4 Å². The number of hydrogen-bond donors (Lipinski definition) is 2. The summed E-state index contributed by atoms with van der Waals surface area (Å²) >= 11 is 6.30. The largest absolute Gasteiger partial charge is 0.573 e. The van der Waals surface area contributed by atoms with Crippen LogP contribution in [0.5, 0.6) is 5.75 Å². The van der Waals surface area contributed by atoms with Crippen molar-refractivity contribution in [3.8, 4) is 5.75 Å². The molecule has 2 N–H and O–H groups in total. The average Bonchev–Trinajstić information content (AvgIpc) is 3.68. The lowest BCUT2D eigenvalue weighted by Gasteiger charge is -2.43. The number of hydrogen-bond acceptors (Lipinski definition) is 5. The number of sulfonamides is 1. The first-order valence-electron chi connectivity index (χ1n) is 12.5. The molecule has 3 aromatic carbocycles. The molecule has 1 aliphatic carbocycles. The van der Waals surface area contributed by atoms with Crippen LogP contribution in [0.15, 0.2) is 71.6 Å². The van der Waals surface area contributed by atoms with Crippen molar-refractivity contribution in [3.63, 3.8) is 0 Å². The van der Waals surface area contributed by atoms with Crippen LogP contribution in [0, 0.1) is 0 Å². The maximum Gasteiger partial charge on any atom is 0.573 e. The summed E-state index contributed by atoms with van der Waals surface area (Å²) in [5.74, 6) is -0.523. The van der Waals surface area contributed by atoms with E-state index in [0.717, 1.165) is 58.9 Å². The standard InChI is InChI=1S/C27H25ClF3N3O4S/c28-16-5-12-24-21(13-16)20-3-1-2-4-23(20)34(24)25-15-33(17-6-7-17)14-22(26(25)35)32-39(36,37)19-10-8-18(9-11-19)38-27(29,30)31/h1-5,8-13,17,22,25-26,32,35H,6-7,14-15H2/t22-,25+,26+/m1/s1. The van der Waals surface area contributed by atoms with E-state index in [1.54, 1.807) is 6.07 Å². The lowest BCUT2D eigenvalue weighted by Crippen LogP contribution is -2.59. The van der Waals surface area contributed by atoms with Crippen molar-refractivity contribution >= 4 is 43.4 Å². The van der Waals surface area contributed by atoms with Crippen molar-refractivity contribution in [2.24, 2.45) is 0 Å². The highest BCUT2D eigenvalue weighted by molar-refractivity contribution is 7.89. The first-order chi connectivity index (χ1) is 18.5. The molecule has 206 valence electrons. The molecule has 0 radical (unpaired) electrons. The third-order valence-electron chi connectivity index (χ3n) is 7.40. The van der Waals surface area contributed by atoms with Crippen molar-refractivity contribution < 1.29 is 31.4 Å². The first kappa shape index (κ1) is 26.4. The Morgan fingerprint density at radius 2 is 1.64 bits per heavy atom. The zero-order valence-corrected chi connectivity index (χ0v) is 22.0. The molecule has 0 amide bonds. The lowest BCUT2D eigenvalue weighted by molar-refractivity contribution is -0.274. The summed E-state index contributed by atoms with van der Waals surface area (Å²) in [7, 11) is -4.17. The van der Waals surface area contributed by atoms with Crippen LogP contribution in [-0.2, 0) is 10.0 Å². The topological polar surface area (TPSA) is 83.8 Å². The second kappa shape index (κ2) is 9.67. The Kier molecular flexibility index (Phi) is 6.54. The fraction of sp³-hybridized carbons (Fsp3) is 0.333. The molecule has 1 saturated heterocycles. The Bertz CT molecular complexity index is 1640. The normalized spacial score (nSPS) is 22.9. The monoisotopic (exact) mass is 579 g/mol. The van der Waals surface area contributed by atoms with Crippen LogP contribution in [0.25, 0.3) is 21.8 Å². The summed E-state index contributed by atoms with van der Waals surface area (Å²) in [6, 6.07) is 16.3. The summed E-state index contributed by atoms with van der Waals surface area (Å²) in [6.07, 6.45) is -3.99. The molecular formula is C27H25ClF3N3O4S. The van der Waals surface area contributed by atoms with Gasteiger partial charge in [0.15, 0.2) is 0 Å². The molecular weight excluding hydrogens is 555 g/mol. The van der Waals surface area contributed by atoms with Crippen LogP contribution in [0.2, 0.25) is 5.02 Å². The van der Waals surface area contributed by atoms with E-state index in [1.165, 1.54) is 0 Å². The minimum absolute atomic E-state index is 0.226. The van der Waals surface area contributed by atoms with Crippen LogP contribution < -0.4 is 9.46 Å². The molecule has 3 atom stereocenters. The van der Waals surface area contributed by atoms with Gasteiger partial charge in [-0.1, -0.05) is 29.8 Å². The number of piperidine rings is 1. The van der Waals surface area contributed by atoms with Crippen molar-refractivity contribution in [2.75, 3.05) is 13.1 Å². The summed E-state index contributed by atoms with van der Waals surface area (Å²) in [6.45, 7) is 0.837. The summed E-state index contributed by atoms with van der Waals surface area (Å²) < 4.78 is 72.6. The van der Waals surface area contributed by atoms with Gasteiger partial charge in [0.1, 0.15) is 5.75 Å². The molecule has 39 heavy (non-hydrogen) atoms. The molecule has 1 aromatic heterocycles. The Morgan fingerprint density at radius 3 is 2.33 bits per heavy atom. The molecule has 2 fully saturated rings. The van der Waals surface area contributed by atoms with Crippen LogP contribution in [-0.4, -0.2) is 60.6 Å².